The van der Waals surface area contributed by atoms with Crippen LogP contribution >= 0.6 is 0 Å². The summed E-state index contributed by atoms with van der Waals surface area (Å²) >= 11 is 0. The molecule has 0 amide bonds. The lowest BCUT2D eigenvalue weighted by atomic mass is 10.2. The molecular formula is C8H3F2NO3. The lowest BCUT2D eigenvalue weighted by molar-refractivity contribution is -0.793. The fourth-order valence-electron chi connectivity index (χ4n) is 1.09. The molecule has 0 bridgehead atoms. The molecule has 0 saturated heterocycles. The molecule has 0 unspecified atom stereocenters. The van der Waals surface area contributed by atoms with Gasteiger partial charge in [0.05, 0.1) is 11.0 Å². The number of aromatic nitrogens is 1. The highest BCUT2D eigenvalue weighted by atomic mass is 19.2. The topological polar surface area (TPSA) is 57.1 Å². The molecule has 1 aromatic heterocycles. The molecule has 0 fully saturated rings. The highest BCUT2D eigenvalue weighted by molar-refractivity contribution is 5.75. The second-order valence-electron chi connectivity index (χ2n) is 2.63. The molecule has 0 radical (unpaired) electrons. The second-order valence-corrected chi connectivity index (χ2v) is 2.63. The van der Waals surface area contributed by atoms with Gasteiger partial charge in [-0.25, -0.2) is 8.78 Å². The molecule has 6 heteroatoms. The summed E-state index contributed by atoms with van der Waals surface area (Å²) in [5.41, 5.74) is -1.01. The van der Waals surface area contributed by atoms with Crippen LogP contribution in [0.4, 0.5) is 8.78 Å². The van der Waals surface area contributed by atoms with Crippen molar-refractivity contribution in [2.45, 2.75) is 0 Å². The van der Waals surface area contributed by atoms with E-state index in [1.807, 2.05) is 0 Å². The first-order chi connectivity index (χ1) is 6.58. The molecule has 2 aromatic rings. The fourth-order valence-corrected chi connectivity index (χ4v) is 1.09. The van der Waals surface area contributed by atoms with E-state index in [-0.39, 0.29) is 15.9 Å². The van der Waals surface area contributed by atoms with E-state index in [9.17, 15) is 18.8 Å². The summed E-state index contributed by atoms with van der Waals surface area (Å²) in [6.45, 7) is 0. The van der Waals surface area contributed by atoms with Gasteiger partial charge in [-0.15, -0.1) is 0 Å². The first-order valence-electron chi connectivity index (χ1n) is 3.60. The van der Waals surface area contributed by atoms with Crippen LogP contribution in [0, 0.1) is 16.8 Å². The normalized spacial score (nSPS) is 10.7. The Morgan fingerprint density at radius 2 is 1.93 bits per heavy atom. The minimum atomic E-state index is -1.17. The van der Waals surface area contributed by atoms with E-state index in [1.54, 1.807) is 0 Å². The quantitative estimate of drug-likeness (QED) is 0.587. The summed E-state index contributed by atoms with van der Waals surface area (Å²) in [6.07, 6.45) is 0.597. The van der Waals surface area contributed by atoms with Gasteiger partial charge in [-0.1, -0.05) is 0 Å². The van der Waals surface area contributed by atoms with Gasteiger partial charge in [-0.05, 0) is 12.1 Å². The standard InChI is InChI=1S/C8H3F2NO3/c9-5-1-4-7(12)3-11(13)14-8(4)2-6(5)10/h1-3H. The molecule has 0 N–H and O–H groups in total. The van der Waals surface area contributed by atoms with Crippen molar-refractivity contribution in [1.82, 2.24) is 0 Å². The highest BCUT2D eigenvalue weighted by Crippen LogP contribution is 2.13. The molecule has 0 atom stereocenters. The lowest BCUT2D eigenvalue weighted by Gasteiger charge is -1.98. The van der Waals surface area contributed by atoms with Crippen LogP contribution in [0.1, 0.15) is 0 Å². The van der Waals surface area contributed by atoms with Gasteiger partial charge in [-0.3, -0.25) is 10.0 Å². The van der Waals surface area contributed by atoms with Gasteiger partial charge in [0.2, 0.25) is 0 Å². The Kier molecular flexibility index (Phi) is 1.70. The van der Waals surface area contributed by atoms with Gasteiger partial charge in [0.1, 0.15) is 0 Å². The van der Waals surface area contributed by atoms with Crippen LogP contribution in [0.3, 0.4) is 0 Å². The first kappa shape index (κ1) is 8.61. The molecule has 4 nitrogen and oxygen atoms in total. The Labute approximate surface area is 75.5 Å². The third kappa shape index (κ3) is 1.20. The van der Waals surface area contributed by atoms with Crippen LogP contribution < -0.4 is 10.3 Å². The zero-order valence-corrected chi connectivity index (χ0v) is 6.66. The van der Waals surface area contributed by atoms with Crippen molar-refractivity contribution in [2.24, 2.45) is 0 Å². The molecule has 0 aliphatic rings. The smallest absolute Gasteiger partial charge is 0.281 e. The van der Waals surface area contributed by atoms with Crippen LogP contribution in [0.2, 0.25) is 0 Å². The van der Waals surface area contributed by atoms with Gasteiger partial charge >= 0.3 is 0 Å². The molecule has 1 heterocycles. The molecule has 14 heavy (non-hydrogen) atoms. The van der Waals surface area contributed by atoms with Crippen molar-refractivity contribution >= 4 is 11.0 Å². The van der Waals surface area contributed by atoms with Crippen LogP contribution in [0.25, 0.3) is 11.0 Å². The van der Waals surface area contributed by atoms with Crippen molar-refractivity contribution in [2.75, 3.05) is 0 Å². The number of halogens is 2. The van der Waals surface area contributed by atoms with E-state index in [0.29, 0.717) is 18.3 Å². The largest absolute Gasteiger partial charge is 0.367 e. The summed E-state index contributed by atoms with van der Waals surface area (Å²) in [4.78, 5) is 11.0. The van der Waals surface area contributed by atoms with Gasteiger partial charge in [0.25, 0.3) is 11.6 Å². The average molecular weight is 199 g/mol. The summed E-state index contributed by atoms with van der Waals surface area (Å²) in [5, 5.41) is 10.5. The number of fused-ring (bicyclic) bond motifs is 1. The van der Waals surface area contributed by atoms with E-state index in [4.69, 9.17) is 0 Å². The molecule has 0 aliphatic carbocycles. The van der Waals surface area contributed by atoms with Crippen LogP contribution in [0.15, 0.2) is 27.6 Å². The summed E-state index contributed by atoms with van der Waals surface area (Å²) in [5.74, 6) is -2.33. The Morgan fingerprint density at radius 1 is 1.29 bits per heavy atom. The molecule has 0 saturated carbocycles. The molecule has 72 valence electrons. The Morgan fingerprint density at radius 3 is 2.64 bits per heavy atom. The third-order valence-electron chi connectivity index (χ3n) is 1.70. The summed E-state index contributed by atoms with van der Waals surface area (Å²) in [7, 11) is 0. The van der Waals surface area contributed by atoms with Gasteiger partial charge in [0.15, 0.2) is 11.6 Å². The lowest BCUT2D eigenvalue weighted by Crippen LogP contribution is -2.29. The number of benzene rings is 1. The van der Waals surface area contributed by atoms with Crippen LogP contribution in [-0.2, 0) is 0 Å². The Bertz CT molecular complexity index is 564. The monoisotopic (exact) mass is 199 g/mol. The maximum Gasteiger partial charge on any atom is 0.281 e. The van der Waals surface area contributed by atoms with Crippen molar-refractivity contribution in [3.63, 3.8) is 0 Å². The van der Waals surface area contributed by atoms with Crippen LogP contribution in [-0.4, -0.2) is 0 Å². The predicted octanol–water partition coefficient (Wildman–Crippen LogP) is 0.705. The average Bonchev–Trinajstić information content (AvgIpc) is 2.08. The molecular weight excluding hydrogens is 196 g/mol. The van der Waals surface area contributed by atoms with Gasteiger partial charge in [0, 0.05) is 4.90 Å². The van der Waals surface area contributed by atoms with E-state index in [2.05, 4.69) is 4.52 Å². The molecule has 0 aliphatic heterocycles. The maximum absolute atomic E-state index is 12.7. The number of rotatable bonds is 0. The van der Waals surface area contributed by atoms with Crippen molar-refractivity contribution in [3.8, 4) is 0 Å². The first-order valence-corrected chi connectivity index (χ1v) is 3.60. The highest BCUT2D eigenvalue weighted by Gasteiger charge is 2.09. The Balaban J connectivity index is 2.96. The Hall–Kier alpha value is -1.98. The molecule has 0 spiro atoms. The predicted molar refractivity (Wildman–Crippen MR) is 41.4 cm³/mol. The second kappa shape index (κ2) is 2.76. The number of hydrogen-bond acceptors (Lipinski definition) is 3. The van der Waals surface area contributed by atoms with Gasteiger partial charge < -0.3 is 4.52 Å². The number of hydrogen-bond donors (Lipinski definition) is 0. The van der Waals surface area contributed by atoms with E-state index in [1.165, 1.54) is 0 Å². The van der Waals surface area contributed by atoms with E-state index >= 15 is 0 Å². The zero-order valence-electron chi connectivity index (χ0n) is 6.66. The van der Waals surface area contributed by atoms with E-state index in [0.717, 1.165) is 0 Å². The zero-order chi connectivity index (χ0) is 10.3. The SMILES string of the molecule is O=c1c[n+]([O-])oc2cc(F)c(F)cc12. The van der Waals surface area contributed by atoms with Gasteiger partial charge in [-0.2, -0.15) is 0 Å². The van der Waals surface area contributed by atoms with Crippen LogP contribution in [0.5, 0.6) is 0 Å². The van der Waals surface area contributed by atoms with Crippen molar-refractivity contribution < 1.29 is 18.2 Å². The minimum Gasteiger partial charge on any atom is -0.367 e. The van der Waals surface area contributed by atoms with Crippen molar-refractivity contribution in [1.29, 1.82) is 0 Å². The molecule has 2 rings (SSSR count). The van der Waals surface area contributed by atoms with Crippen molar-refractivity contribution in [3.05, 3.63) is 45.4 Å². The maximum atomic E-state index is 12.7. The fraction of sp³-hybridized carbons (Fsp3) is 0. The molecule has 1 aromatic carbocycles. The summed E-state index contributed by atoms with van der Waals surface area (Å²) < 4.78 is 29.8. The number of nitrogens with zero attached hydrogens (tertiary/aromatic N) is 1. The minimum absolute atomic E-state index is 0.109. The summed E-state index contributed by atoms with van der Waals surface area (Å²) in [6, 6.07) is 1.34. The third-order valence-corrected chi connectivity index (χ3v) is 1.70. The van der Waals surface area contributed by atoms with E-state index < -0.39 is 17.1 Å².